The number of halogens is 1. The third kappa shape index (κ3) is 2.94. The van der Waals surface area contributed by atoms with Crippen LogP contribution in [-0.4, -0.2) is 35.2 Å². The maximum absolute atomic E-state index is 13.5. The third-order valence-electron chi connectivity index (χ3n) is 3.68. The van der Waals surface area contributed by atoms with Crippen molar-refractivity contribution in [2.45, 2.75) is 18.4 Å². The summed E-state index contributed by atoms with van der Waals surface area (Å²) in [5.74, 6) is -2.04. The van der Waals surface area contributed by atoms with Gasteiger partial charge in [-0.15, -0.1) is 0 Å². The number of benzene rings is 1. The summed E-state index contributed by atoms with van der Waals surface area (Å²) in [6.07, 6.45) is 1.57. The van der Waals surface area contributed by atoms with Gasteiger partial charge in [0, 0.05) is 12.1 Å². The van der Waals surface area contributed by atoms with Crippen molar-refractivity contribution < 1.29 is 24.0 Å². The summed E-state index contributed by atoms with van der Waals surface area (Å²) in [6.45, 7) is -0.180. The van der Waals surface area contributed by atoms with E-state index >= 15 is 0 Å². The molecule has 1 aliphatic carbocycles. The number of hydrogen-bond donors (Lipinski definition) is 2. The molecular weight excluding hydrogens is 283 g/mol. The van der Waals surface area contributed by atoms with Crippen LogP contribution in [0.5, 0.6) is 5.75 Å². The van der Waals surface area contributed by atoms with Gasteiger partial charge in [-0.1, -0.05) is 0 Å². The van der Waals surface area contributed by atoms with Crippen LogP contribution in [-0.2, 0) is 4.79 Å². The van der Waals surface area contributed by atoms with Crippen molar-refractivity contribution in [1.82, 2.24) is 5.32 Å². The molecule has 0 radical (unpaired) electrons. The lowest BCUT2D eigenvalue weighted by Gasteiger charge is -2.28. The average molecular weight is 298 g/mol. The van der Waals surface area contributed by atoms with Crippen LogP contribution in [0.1, 0.15) is 12.8 Å². The molecule has 1 unspecified atom stereocenters. The predicted octanol–water partition coefficient (Wildman–Crippen LogP) is 1.57. The summed E-state index contributed by atoms with van der Waals surface area (Å²) < 4.78 is 18.8. The molecule has 0 aromatic heterocycles. The van der Waals surface area contributed by atoms with Crippen LogP contribution in [0.15, 0.2) is 18.2 Å². The lowest BCUT2D eigenvalue weighted by atomic mass is 9.94. The normalized spacial score (nSPS) is 17.0. The molecule has 2 rings (SSSR count). The Morgan fingerprint density at radius 1 is 1.62 bits per heavy atom. The van der Waals surface area contributed by atoms with E-state index in [1.54, 1.807) is 0 Å². The van der Waals surface area contributed by atoms with Crippen LogP contribution in [0.4, 0.5) is 10.1 Å². The third-order valence-corrected chi connectivity index (χ3v) is 3.68. The maximum atomic E-state index is 13.5. The number of nitro benzene ring substituents is 1. The standard InChI is InChI=1S/C13H15FN2O5/c1-15-13(12(17)18,8-2-3-8)7-21-9-4-5-11(16(19)20)10(14)6-9/h4-6,8,15H,2-3,7H2,1H3,(H,17,18). The molecule has 0 saturated heterocycles. The van der Waals surface area contributed by atoms with E-state index in [9.17, 15) is 24.4 Å². The van der Waals surface area contributed by atoms with Gasteiger partial charge >= 0.3 is 11.7 Å². The van der Waals surface area contributed by atoms with Gasteiger partial charge in [-0.3, -0.25) is 14.9 Å². The van der Waals surface area contributed by atoms with Gasteiger partial charge in [0.25, 0.3) is 0 Å². The zero-order chi connectivity index (χ0) is 15.6. The lowest BCUT2D eigenvalue weighted by molar-refractivity contribution is -0.387. The first-order valence-electron chi connectivity index (χ1n) is 6.40. The number of hydrogen-bond acceptors (Lipinski definition) is 5. The molecule has 8 heteroatoms. The summed E-state index contributed by atoms with van der Waals surface area (Å²) in [6, 6.07) is 3.12. The molecule has 2 N–H and O–H groups in total. The van der Waals surface area contributed by atoms with E-state index in [4.69, 9.17) is 4.74 Å². The molecular formula is C13H15FN2O5. The van der Waals surface area contributed by atoms with Crippen molar-refractivity contribution in [2.75, 3.05) is 13.7 Å². The predicted molar refractivity (Wildman–Crippen MR) is 70.7 cm³/mol. The quantitative estimate of drug-likeness (QED) is 0.585. The van der Waals surface area contributed by atoms with E-state index in [2.05, 4.69) is 5.32 Å². The number of carbonyl (C=O) groups is 1. The Balaban J connectivity index is 2.13. The second-order valence-corrected chi connectivity index (χ2v) is 4.96. The van der Waals surface area contributed by atoms with Crippen LogP contribution in [0, 0.1) is 21.8 Å². The Kier molecular flexibility index (Phi) is 4.08. The Hall–Kier alpha value is -2.22. The van der Waals surface area contributed by atoms with E-state index in [1.807, 2.05) is 0 Å². The SMILES string of the molecule is CNC(COc1ccc([N+](=O)[O-])c(F)c1)(C(=O)O)C1CC1. The van der Waals surface area contributed by atoms with Crippen LogP contribution in [0.25, 0.3) is 0 Å². The van der Waals surface area contributed by atoms with Gasteiger partial charge in [0.2, 0.25) is 5.82 Å². The number of aliphatic carboxylic acids is 1. The highest BCUT2D eigenvalue weighted by Crippen LogP contribution is 2.40. The first-order chi connectivity index (χ1) is 9.90. The second-order valence-electron chi connectivity index (χ2n) is 4.96. The Labute approximate surface area is 119 Å². The van der Waals surface area contributed by atoms with Gasteiger partial charge in [0.1, 0.15) is 12.4 Å². The zero-order valence-corrected chi connectivity index (χ0v) is 11.3. The molecule has 1 atom stereocenters. The molecule has 0 spiro atoms. The largest absolute Gasteiger partial charge is 0.491 e. The summed E-state index contributed by atoms with van der Waals surface area (Å²) in [5.41, 5.74) is -1.87. The molecule has 114 valence electrons. The van der Waals surface area contributed by atoms with E-state index in [0.29, 0.717) is 0 Å². The first-order valence-corrected chi connectivity index (χ1v) is 6.40. The topological polar surface area (TPSA) is 102 Å². The fraction of sp³-hybridized carbons (Fsp3) is 0.462. The molecule has 1 fully saturated rings. The van der Waals surface area contributed by atoms with Crippen molar-refractivity contribution in [1.29, 1.82) is 0 Å². The average Bonchev–Trinajstić information content (AvgIpc) is 3.24. The van der Waals surface area contributed by atoms with Crippen molar-refractivity contribution in [3.63, 3.8) is 0 Å². The molecule has 1 aromatic carbocycles. The molecule has 1 saturated carbocycles. The van der Waals surface area contributed by atoms with Crippen LogP contribution in [0.3, 0.4) is 0 Å². The number of carboxylic acids is 1. The highest BCUT2D eigenvalue weighted by atomic mass is 19.1. The fourth-order valence-corrected chi connectivity index (χ4v) is 2.24. The molecule has 1 aromatic rings. The number of likely N-dealkylation sites (N-methyl/N-ethyl adjacent to an activating group) is 1. The Bertz CT molecular complexity index is 576. The Morgan fingerprint density at radius 2 is 2.29 bits per heavy atom. The summed E-state index contributed by atoms with van der Waals surface area (Å²) >= 11 is 0. The molecule has 0 bridgehead atoms. The summed E-state index contributed by atoms with van der Waals surface area (Å²) in [7, 11) is 1.53. The lowest BCUT2D eigenvalue weighted by Crippen LogP contribution is -2.56. The number of nitro groups is 1. The number of nitrogens with one attached hydrogen (secondary N) is 1. The van der Waals surface area contributed by atoms with E-state index in [0.717, 1.165) is 25.0 Å². The highest BCUT2D eigenvalue weighted by molar-refractivity contribution is 5.80. The van der Waals surface area contributed by atoms with Crippen LogP contribution >= 0.6 is 0 Å². The van der Waals surface area contributed by atoms with Gasteiger partial charge in [-0.2, -0.15) is 4.39 Å². The maximum Gasteiger partial charge on any atom is 0.327 e. The number of ether oxygens (including phenoxy) is 1. The van der Waals surface area contributed by atoms with Crippen LogP contribution in [0.2, 0.25) is 0 Å². The number of rotatable bonds is 7. The van der Waals surface area contributed by atoms with Crippen molar-refractivity contribution >= 4 is 11.7 Å². The molecule has 7 nitrogen and oxygen atoms in total. The minimum atomic E-state index is -1.22. The van der Waals surface area contributed by atoms with E-state index < -0.39 is 27.9 Å². The number of nitrogens with zero attached hydrogens (tertiary/aromatic N) is 1. The zero-order valence-electron chi connectivity index (χ0n) is 11.3. The van der Waals surface area contributed by atoms with Crippen molar-refractivity contribution in [3.05, 3.63) is 34.1 Å². The van der Waals surface area contributed by atoms with Gasteiger partial charge < -0.3 is 15.2 Å². The monoisotopic (exact) mass is 298 g/mol. The van der Waals surface area contributed by atoms with Gasteiger partial charge in [0.15, 0.2) is 5.54 Å². The highest BCUT2D eigenvalue weighted by Gasteiger charge is 2.51. The minimum absolute atomic E-state index is 0.0390. The molecule has 0 amide bonds. The first kappa shape index (κ1) is 15.2. The van der Waals surface area contributed by atoms with Crippen LogP contribution < -0.4 is 10.1 Å². The summed E-state index contributed by atoms with van der Waals surface area (Å²) in [4.78, 5) is 21.1. The molecule has 0 aliphatic heterocycles. The number of carboxylic acid groups (broad SMARTS) is 1. The molecule has 21 heavy (non-hydrogen) atoms. The van der Waals surface area contributed by atoms with Crippen molar-refractivity contribution in [2.24, 2.45) is 5.92 Å². The van der Waals surface area contributed by atoms with Gasteiger partial charge in [-0.05, 0) is 31.9 Å². The van der Waals surface area contributed by atoms with Gasteiger partial charge in [0.05, 0.1) is 4.92 Å². The van der Waals surface area contributed by atoms with E-state index in [1.165, 1.54) is 13.1 Å². The molecule has 0 heterocycles. The van der Waals surface area contributed by atoms with Gasteiger partial charge in [-0.25, -0.2) is 0 Å². The minimum Gasteiger partial charge on any atom is -0.491 e. The second kappa shape index (κ2) is 5.65. The van der Waals surface area contributed by atoms with Crippen molar-refractivity contribution in [3.8, 4) is 5.75 Å². The molecule has 1 aliphatic rings. The van der Waals surface area contributed by atoms with E-state index in [-0.39, 0.29) is 18.3 Å². The fourth-order valence-electron chi connectivity index (χ4n) is 2.24. The smallest absolute Gasteiger partial charge is 0.327 e. The summed E-state index contributed by atoms with van der Waals surface area (Å²) in [5, 5.41) is 22.7. The Morgan fingerprint density at radius 3 is 2.71 bits per heavy atom.